The lowest BCUT2D eigenvalue weighted by Gasteiger charge is -2.28. The van der Waals surface area contributed by atoms with E-state index < -0.39 is 0 Å². The normalized spacial score (nSPS) is 16.9. The Hall–Kier alpha value is -2.61. The molecule has 1 amide bonds. The average molecular weight is 387 g/mol. The van der Waals surface area contributed by atoms with Crippen LogP contribution in [0.15, 0.2) is 30.9 Å². The molecule has 1 saturated heterocycles. The first kappa shape index (κ1) is 20.1. The van der Waals surface area contributed by atoms with Crippen LogP contribution in [0.1, 0.15) is 25.3 Å². The molecule has 0 bridgehead atoms. The maximum atomic E-state index is 13.0. The lowest BCUT2D eigenvalue weighted by atomic mass is 10.2. The van der Waals surface area contributed by atoms with Crippen LogP contribution >= 0.6 is 0 Å². The van der Waals surface area contributed by atoms with Gasteiger partial charge in [-0.15, -0.1) is 0 Å². The van der Waals surface area contributed by atoms with E-state index in [0.717, 1.165) is 31.5 Å². The fourth-order valence-electron chi connectivity index (χ4n) is 3.70. The highest BCUT2D eigenvalue weighted by Gasteiger charge is 2.28. The summed E-state index contributed by atoms with van der Waals surface area (Å²) in [6.45, 7) is 5.37. The number of likely N-dealkylation sites (N-methyl/N-ethyl adjacent to an activating group) is 1. The maximum Gasteiger partial charge on any atom is 0.237 e. The largest absolute Gasteiger partial charge is 0.493 e. The van der Waals surface area contributed by atoms with Crippen molar-refractivity contribution in [1.82, 2.24) is 24.6 Å². The van der Waals surface area contributed by atoms with Crippen molar-refractivity contribution in [3.8, 4) is 11.5 Å². The lowest BCUT2D eigenvalue weighted by Crippen LogP contribution is -2.43. The van der Waals surface area contributed by atoms with E-state index in [2.05, 4.69) is 15.0 Å². The molecule has 1 aromatic heterocycles. The molecule has 152 valence electrons. The van der Waals surface area contributed by atoms with Crippen LogP contribution in [0.25, 0.3) is 0 Å². The number of amides is 1. The molecule has 8 heteroatoms. The molecular formula is C20H29N5O3. The van der Waals surface area contributed by atoms with Gasteiger partial charge in [-0.3, -0.25) is 14.4 Å². The quantitative estimate of drug-likeness (QED) is 0.653. The number of rotatable bonds is 9. The van der Waals surface area contributed by atoms with E-state index >= 15 is 0 Å². The number of carbonyl (C=O) groups excluding carboxylic acids is 1. The number of aromatic nitrogens is 3. The molecule has 1 aromatic carbocycles. The molecule has 2 heterocycles. The zero-order valence-electron chi connectivity index (χ0n) is 16.9. The van der Waals surface area contributed by atoms with E-state index in [9.17, 15) is 4.79 Å². The van der Waals surface area contributed by atoms with Crippen LogP contribution in [0.3, 0.4) is 0 Å². The van der Waals surface area contributed by atoms with Gasteiger partial charge in [-0.2, -0.15) is 5.10 Å². The van der Waals surface area contributed by atoms with Crippen LogP contribution in [0.2, 0.25) is 0 Å². The highest BCUT2D eigenvalue weighted by molar-refractivity contribution is 5.78. The fraction of sp³-hybridized carbons (Fsp3) is 0.550. The topological polar surface area (TPSA) is 72.7 Å². The summed E-state index contributed by atoms with van der Waals surface area (Å²) in [5, 5.41) is 4.19. The standard InChI is InChI=1S/C20H29N5O3/c1-4-23(11-16-7-8-18(27-2)19(10-16)28-3)20(26)13-24-9-5-6-17(24)12-25-15-21-14-22-25/h7-8,10,14-15,17H,4-6,9,11-13H2,1-3H3. The number of nitrogens with zero attached hydrogens (tertiary/aromatic N) is 5. The molecule has 28 heavy (non-hydrogen) atoms. The molecule has 0 aliphatic carbocycles. The second-order valence-corrected chi connectivity index (χ2v) is 6.98. The smallest absolute Gasteiger partial charge is 0.237 e. The van der Waals surface area contributed by atoms with Crippen LogP contribution in [0, 0.1) is 0 Å². The summed E-state index contributed by atoms with van der Waals surface area (Å²) in [5.74, 6) is 1.51. The van der Waals surface area contributed by atoms with E-state index in [4.69, 9.17) is 9.47 Å². The van der Waals surface area contributed by atoms with Crippen LogP contribution in [0.5, 0.6) is 11.5 Å². The molecule has 1 unspecified atom stereocenters. The predicted molar refractivity (Wildman–Crippen MR) is 105 cm³/mol. The van der Waals surface area contributed by atoms with Crippen molar-refractivity contribution < 1.29 is 14.3 Å². The Kier molecular flexibility index (Phi) is 6.86. The summed E-state index contributed by atoms with van der Waals surface area (Å²) in [5.41, 5.74) is 1.02. The van der Waals surface area contributed by atoms with Gasteiger partial charge in [0.25, 0.3) is 0 Å². The van der Waals surface area contributed by atoms with Gasteiger partial charge in [-0.1, -0.05) is 6.07 Å². The maximum absolute atomic E-state index is 13.0. The van der Waals surface area contributed by atoms with Gasteiger partial charge < -0.3 is 14.4 Å². The molecule has 0 spiro atoms. The Balaban J connectivity index is 1.61. The van der Waals surface area contributed by atoms with Gasteiger partial charge in [0.2, 0.25) is 5.91 Å². The van der Waals surface area contributed by atoms with Gasteiger partial charge >= 0.3 is 0 Å². The third-order valence-electron chi connectivity index (χ3n) is 5.26. The lowest BCUT2D eigenvalue weighted by molar-refractivity contribution is -0.133. The summed E-state index contributed by atoms with van der Waals surface area (Å²) in [7, 11) is 3.23. The molecule has 2 aromatic rings. The minimum absolute atomic E-state index is 0.141. The molecule has 3 rings (SSSR count). The number of hydrogen-bond donors (Lipinski definition) is 0. The monoisotopic (exact) mass is 387 g/mol. The fourth-order valence-corrected chi connectivity index (χ4v) is 3.70. The highest BCUT2D eigenvalue weighted by Crippen LogP contribution is 2.28. The third-order valence-corrected chi connectivity index (χ3v) is 5.26. The second kappa shape index (κ2) is 9.54. The Labute approximate surface area is 166 Å². The van der Waals surface area contributed by atoms with E-state index in [1.54, 1.807) is 26.9 Å². The molecule has 1 aliphatic heterocycles. The first-order valence-corrected chi connectivity index (χ1v) is 9.69. The predicted octanol–water partition coefficient (Wildman–Crippen LogP) is 1.81. The Morgan fingerprint density at radius 1 is 1.29 bits per heavy atom. The van der Waals surface area contributed by atoms with Gasteiger partial charge in [-0.25, -0.2) is 4.98 Å². The van der Waals surface area contributed by atoms with Gasteiger partial charge in [0.15, 0.2) is 11.5 Å². The van der Waals surface area contributed by atoms with Gasteiger partial charge in [0.1, 0.15) is 12.7 Å². The highest BCUT2D eigenvalue weighted by atomic mass is 16.5. The van der Waals surface area contributed by atoms with Crippen LogP contribution in [-0.2, 0) is 17.9 Å². The number of methoxy groups -OCH3 is 2. The zero-order chi connectivity index (χ0) is 19.9. The van der Waals surface area contributed by atoms with Crippen molar-refractivity contribution >= 4 is 5.91 Å². The van der Waals surface area contributed by atoms with Crippen LogP contribution in [0.4, 0.5) is 0 Å². The van der Waals surface area contributed by atoms with Crippen molar-refractivity contribution in [3.05, 3.63) is 36.4 Å². The van der Waals surface area contributed by atoms with Crippen molar-refractivity contribution in [2.24, 2.45) is 0 Å². The molecule has 1 atom stereocenters. The Morgan fingerprint density at radius 3 is 2.79 bits per heavy atom. The molecular weight excluding hydrogens is 358 g/mol. The van der Waals surface area contributed by atoms with Crippen molar-refractivity contribution in [3.63, 3.8) is 0 Å². The number of likely N-dealkylation sites (tertiary alicyclic amines) is 1. The molecule has 1 fully saturated rings. The van der Waals surface area contributed by atoms with Crippen LogP contribution in [-0.4, -0.2) is 70.4 Å². The van der Waals surface area contributed by atoms with E-state index in [1.807, 2.05) is 34.7 Å². The first-order chi connectivity index (χ1) is 13.6. The molecule has 0 radical (unpaired) electrons. The first-order valence-electron chi connectivity index (χ1n) is 9.69. The summed E-state index contributed by atoms with van der Waals surface area (Å²) >= 11 is 0. The summed E-state index contributed by atoms with van der Waals surface area (Å²) in [6, 6.07) is 6.10. The minimum Gasteiger partial charge on any atom is -0.493 e. The molecule has 1 aliphatic rings. The van der Waals surface area contributed by atoms with Gasteiger partial charge in [0, 0.05) is 19.1 Å². The number of benzene rings is 1. The Bertz CT molecular complexity index is 765. The number of carbonyl (C=O) groups is 1. The zero-order valence-corrected chi connectivity index (χ0v) is 16.9. The average Bonchev–Trinajstić information content (AvgIpc) is 3.38. The van der Waals surface area contributed by atoms with E-state index in [-0.39, 0.29) is 5.91 Å². The van der Waals surface area contributed by atoms with E-state index in [1.165, 1.54) is 0 Å². The summed E-state index contributed by atoms with van der Waals surface area (Å²) in [6.07, 6.45) is 5.46. The summed E-state index contributed by atoms with van der Waals surface area (Å²) in [4.78, 5) is 21.1. The van der Waals surface area contributed by atoms with Crippen LogP contribution < -0.4 is 9.47 Å². The van der Waals surface area contributed by atoms with E-state index in [0.29, 0.717) is 37.2 Å². The molecule has 8 nitrogen and oxygen atoms in total. The molecule has 0 N–H and O–H groups in total. The second-order valence-electron chi connectivity index (χ2n) is 6.98. The molecule has 0 saturated carbocycles. The minimum atomic E-state index is 0.141. The summed E-state index contributed by atoms with van der Waals surface area (Å²) < 4.78 is 12.5. The van der Waals surface area contributed by atoms with Gasteiger partial charge in [-0.05, 0) is 44.0 Å². The van der Waals surface area contributed by atoms with Crippen molar-refractivity contribution in [2.75, 3.05) is 33.9 Å². The van der Waals surface area contributed by atoms with Crippen molar-refractivity contribution in [1.29, 1.82) is 0 Å². The Morgan fingerprint density at radius 2 is 2.11 bits per heavy atom. The number of hydrogen-bond acceptors (Lipinski definition) is 6. The number of ether oxygens (including phenoxy) is 2. The van der Waals surface area contributed by atoms with Crippen molar-refractivity contribution in [2.45, 2.75) is 38.9 Å². The third kappa shape index (κ3) is 4.81. The van der Waals surface area contributed by atoms with Gasteiger partial charge in [0.05, 0.1) is 27.3 Å². The SMILES string of the molecule is CCN(Cc1ccc(OC)c(OC)c1)C(=O)CN1CCCC1Cn1cncn1.